The van der Waals surface area contributed by atoms with Gasteiger partial charge in [0.25, 0.3) is 0 Å². The lowest BCUT2D eigenvalue weighted by atomic mass is 10.0. The number of hydrogen-bond acceptors (Lipinski definition) is 4. The molecule has 8 heteroatoms. The van der Waals surface area contributed by atoms with E-state index in [1.54, 1.807) is 39.5 Å². The van der Waals surface area contributed by atoms with Crippen LogP contribution in [0, 0.1) is 0 Å². The van der Waals surface area contributed by atoms with Crippen LogP contribution in [0.1, 0.15) is 53.0 Å². The number of aromatic nitrogens is 1. The molecule has 0 radical (unpaired) electrons. The third-order valence-corrected chi connectivity index (χ3v) is 5.50. The van der Waals surface area contributed by atoms with Gasteiger partial charge in [-0.1, -0.05) is 18.2 Å². The van der Waals surface area contributed by atoms with Gasteiger partial charge < -0.3 is 25.3 Å². The number of ether oxygens (including phenoxy) is 1. The largest absolute Gasteiger partial charge is 0.444 e. The van der Waals surface area contributed by atoms with E-state index in [4.69, 9.17) is 4.74 Å². The number of amides is 3. The topological polar surface area (TPSA) is 104 Å². The van der Waals surface area contributed by atoms with Gasteiger partial charge >= 0.3 is 6.09 Å². The first kappa shape index (κ1) is 23.6. The highest BCUT2D eigenvalue weighted by atomic mass is 16.6. The molecule has 174 valence electrons. The minimum atomic E-state index is -1.26. The van der Waals surface area contributed by atoms with Crippen molar-refractivity contribution in [1.29, 1.82) is 0 Å². The number of para-hydroxylation sites is 1. The minimum Gasteiger partial charge on any atom is -0.444 e. The van der Waals surface area contributed by atoms with Gasteiger partial charge in [-0.25, -0.2) is 4.79 Å². The van der Waals surface area contributed by atoms with Gasteiger partial charge in [0.05, 0.1) is 0 Å². The molecule has 2 heterocycles. The Kier molecular flexibility index (Phi) is 6.81. The summed E-state index contributed by atoms with van der Waals surface area (Å²) in [6.45, 7) is 9.84. The molecule has 1 atom stereocenters. The number of H-pyrrole nitrogens is 1. The number of rotatable bonds is 6. The average Bonchev–Trinajstić information content (AvgIpc) is 3.35. The summed E-state index contributed by atoms with van der Waals surface area (Å²) in [6.07, 6.45) is 3.48. The summed E-state index contributed by atoms with van der Waals surface area (Å²) in [6, 6.07) is 7.13. The SMILES string of the molecule is CC(C)(C)OC(=O)NC(C)(C)C(=O)N[C@H](Cc1c[nH]c2ccccc12)C(=O)N1CCCC1. The Hall–Kier alpha value is -3.03. The Morgan fingerprint density at radius 1 is 1.09 bits per heavy atom. The summed E-state index contributed by atoms with van der Waals surface area (Å²) in [7, 11) is 0. The van der Waals surface area contributed by atoms with Crippen LogP contribution < -0.4 is 10.6 Å². The number of hydrogen-bond donors (Lipinski definition) is 3. The lowest BCUT2D eigenvalue weighted by Crippen LogP contribution is -2.60. The number of carbonyl (C=O) groups excluding carboxylic acids is 3. The van der Waals surface area contributed by atoms with E-state index in [1.165, 1.54) is 0 Å². The Labute approximate surface area is 189 Å². The first-order valence-electron chi connectivity index (χ1n) is 11.1. The highest BCUT2D eigenvalue weighted by Crippen LogP contribution is 2.21. The molecule has 0 saturated carbocycles. The molecule has 0 bridgehead atoms. The molecule has 32 heavy (non-hydrogen) atoms. The predicted octanol–water partition coefficient (Wildman–Crippen LogP) is 3.12. The van der Waals surface area contributed by atoms with Gasteiger partial charge in [-0.05, 0) is 59.1 Å². The number of alkyl carbamates (subject to hydrolysis) is 1. The van der Waals surface area contributed by atoms with Crippen molar-refractivity contribution in [2.75, 3.05) is 13.1 Å². The fourth-order valence-electron chi connectivity index (χ4n) is 3.83. The first-order valence-corrected chi connectivity index (χ1v) is 11.1. The van der Waals surface area contributed by atoms with Crippen LogP contribution in [0.4, 0.5) is 4.79 Å². The fraction of sp³-hybridized carbons (Fsp3) is 0.542. The molecule has 1 aliphatic heterocycles. The molecule has 1 aliphatic rings. The van der Waals surface area contributed by atoms with Crippen LogP contribution in [-0.2, 0) is 20.7 Å². The van der Waals surface area contributed by atoms with E-state index in [2.05, 4.69) is 15.6 Å². The summed E-state index contributed by atoms with van der Waals surface area (Å²) >= 11 is 0. The van der Waals surface area contributed by atoms with Crippen molar-refractivity contribution in [3.05, 3.63) is 36.0 Å². The van der Waals surface area contributed by atoms with Gasteiger partial charge in [0, 0.05) is 36.6 Å². The zero-order valence-electron chi connectivity index (χ0n) is 19.6. The van der Waals surface area contributed by atoms with Gasteiger partial charge in [0.1, 0.15) is 17.2 Å². The second-order valence-corrected chi connectivity index (χ2v) is 9.87. The number of fused-ring (bicyclic) bond motifs is 1. The van der Waals surface area contributed by atoms with E-state index >= 15 is 0 Å². The molecule has 0 aliphatic carbocycles. The zero-order chi connectivity index (χ0) is 23.5. The van der Waals surface area contributed by atoms with Crippen molar-refractivity contribution in [1.82, 2.24) is 20.5 Å². The van der Waals surface area contributed by atoms with Gasteiger partial charge in [0.15, 0.2) is 0 Å². The molecule has 1 aromatic carbocycles. The summed E-state index contributed by atoms with van der Waals surface area (Å²) in [5.74, 6) is -0.546. The van der Waals surface area contributed by atoms with Crippen LogP contribution in [0.15, 0.2) is 30.5 Å². The molecule has 0 unspecified atom stereocenters. The van der Waals surface area contributed by atoms with Gasteiger partial charge in [-0.3, -0.25) is 9.59 Å². The standard InChI is InChI=1S/C24H34N4O4/c1-23(2,3)32-22(31)27-24(4,5)21(30)26-19(20(29)28-12-8-9-13-28)14-16-15-25-18-11-7-6-10-17(16)18/h6-7,10-11,15,19,25H,8-9,12-14H2,1-5H3,(H,26,30)(H,27,31)/t19-/m1/s1. The van der Waals surface area contributed by atoms with E-state index in [0.717, 1.165) is 29.3 Å². The minimum absolute atomic E-state index is 0.103. The molecular formula is C24H34N4O4. The smallest absolute Gasteiger partial charge is 0.408 e. The number of carbonyl (C=O) groups is 3. The number of nitrogens with zero attached hydrogens (tertiary/aromatic N) is 1. The van der Waals surface area contributed by atoms with E-state index in [1.807, 2.05) is 30.5 Å². The number of nitrogens with one attached hydrogen (secondary N) is 3. The van der Waals surface area contributed by atoms with Crippen LogP contribution >= 0.6 is 0 Å². The highest BCUT2D eigenvalue weighted by Gasteiger charge is 2.36. The van der Waals surface area contributed by atoms with Crippen molar-refractivity contribution in [3.63, 3.8) is 0 Å². The van der Waals surface area contributed by atoms with Crippen LogP contribution in [0.3, 0.4) is 0 Å². The second kappa shape index (κ2) is 9.22. The van der Waals surface area contributed by atoms with Gasteiger partial charge in [-0.15, -0.1) is 0 Å². The zero-order valence-corrected chi connectivity index (χ0v) is 19.6. The maximum absolute atomic E-state index is 13.3. The summed E-state index contributed by atoms with van der Waals surface area (Å²) < 4.78 is 5.28. The van der Waals surface area contributed by atoms with Crippen LogP contribution in [0.5, 0.6) is 0 Å². The lowest BCUT2D eigenvalue weighted by molar-refractivity contribution is -0.137. The summed E-state index contributed by atoms with van der Waals surface area (Å²) in [5.41, 5.74) is -0.00348. The number of aromatic amines is 1. The van der Waals surface area contributed by atoms with Crippen molar-refractivity contribution >= 4 is 28.8 Å². The normalized spacial score (nSPS) is 15.5. The third-order valence-electron chi connectivity index (χ3n) is 5.50. The molecule has 3 N–H and O–H groups in total. The Bertz CT molecular complexity index is 983. The molecule has 1 aromatic heterocycles. The predicted molar refractivity (Wildman–Crippen MR) is 123 cm³/mol. The Balaban J connectivity index is 1.77. The van der Waals surface area contributed by atoms with E-state index in [-0.39, 0.29) is 5.91 Å². The molecule has 1 fully saturated rings. The van der Waals surface area contributed by atoms with Crippen LogP contribution in [0.2, 0.25) is 0 Å². The van der Waals surface area contributed by atoms with Gasteiger partial charge in [-0.2, -0.15) is 0 Å². The Morgan fingerprint density at radius 3 is 2.41 bits per heavy atom. The second-order valence-electron chi connectivity index (χ2n) is 9.87. The van der Waals surface area contributed by atoms with E-state index in [0.29, 0.717) is 19.5 Å². The molecular weight excluding hydrogens is 408 g/mol. The lowest BCUT2D eigenvalue weighted by Gasteiger charge is -2.30. The monoisotopic (exact) mass is 442 g/mol. The Morgan fingerprint density at radius 2 is 1.75 bits per heavy atom. The van der Waals surface area contributed by atoms with Crippen molar-refractivity contribution in [3.8, 4) is 0 Å². The van der Waals surface area contributed by atoms with Crippen LogP contribution in [-0.4, -0.2) is 58.1 Å². The average molecular weight is 443 g/mol. The summed E-state index contributed by atoms with van der Waals surface area (Å²) in [5, 5.41) is 6.52. The molecule has 1 saturated heterocycles. The first-order chi connectivity index (χ1) is 15.0. The maximum Gasteiger partial charge on any atom is 0.408 e. The maximum atomic E-state index is 13.3. The van der Waals surface area contributed by atoms with Crippen molar-refractivity contribution in [2.24, 2.45) is 0 Å². The molecule has 2 aromatic rings. The van der Waals surface area contributed by atoms with Crippen molar-refractivity contribution < 1.29 is 19.1 Å². The van der Waals surface area contributed by atoms with Gasteiger partial charge in [0.2, 0.25) is 11.8 Å². The quantitative estimate of drug-likeness (QED) is 0.639. The van der Waals surface area contributed by atoms with Crippen LogP contribution in [0.25, 0.3) is 10.9 Å². The highest BCUT2D eigenvalue weighted by molar-refractivity contribution is 5.94. The fourth-order valence-corrected chi connectivity index (χ4v) is 3.83. The third kappa shape index (κ3) is 5.81. The molecule has 8 nitrogen and oxygen atoms in total. The molecule has 0 spiro atoms. The van der Waals surface area contributed by atoms with Crippen molar-refractivity contribution in [2.45, 2.75) is 71.1 Å². The van der Waals surface area contributed by atoms with E-state index in [9.17, 15) is 14.4 Å². The number of likely N-dealkylation sites (tertiary alicyclic amines) is 1. The summed E-state index contributed by atoms with van der Waals surface area (Å²) in [4.78, 5) is 43.6. The molecule has 3 amide bonds. The van der Waals surface area contributed by atoms with E-state index < -0.39 is 29.2 Å². The number of benzene rings is 1. The molecule has 3 rings (SSSR count).